The van der Waals surface area contributed by atoms with Crippen molar-refractivity contribution < 1.29 is 49.3 Å². The van der Waals surface area contributed by atoms with Gasteiger partial charge in [0, 0.05) is 11.8 Å². The van der Waals surface area contributed by atoms with E-state index in [9.17, 15) is 30.3 Å². The minimum absolute atomic E-state index is 0.279. The van der Waals surface area contributed by atoms with Crippen LogP contribution in [0.5, 0.6) is 0 Å². The molecule has 0 radical (unpaired) electrons. The number of esters is 1. The van der Waals surface area contributed by atoms with E-state index in [0.29, 0.717) is 12.0 Å². The summed E-state index contributed by atoms with van der Waals surface area (Å²) in [6, 6.07) is 0. The predicted octanol–water partition coefficient (Wildman–Crippen LogP) is -2.15. The van der Waals surface area contributed by atoms with Crippen molar-refractivity contribution in [3.8, 4) is 0 Å². The summed E-state index contributed by atoms with van der Waals surface area (Å²) < 4.78 is 21.4. The molecule has 1 saturated carbocycles. The third kappa shape index (κ3) is 3.58. The van der Waals surface area contributed by atoms with E-state index in [4.69, 9.17) is 18.9 Å². The Morgan fingerprint density at radius 3 is 2.52 bits per heavy atom. The maximum Gasteiger partial charge on any atom is 0.337 e. The Bertz CT molecular complexity index is 578. The van der Waals surface area contributed by atoms with Gasteiger partial charge in [-0.1, -0.05) is 6.92 Å². The van der Waals surface area contributed by atoms with Crippen molar-refractivity contribution in [1.82, 2.24) is 0 Å². The molecule has 3 rings (SSSR count). The molecular weight excluding hydrogens is 364 g/mol. The Kier molecular flexibility index (Phi) is 6.06. The number of carbonyl (C=O) groups excluding carboxylic acids is 1. The van der Waals surface area contributed by atoms with Crippen LogP contribution in [-0.4, -0.2) is 88.3 Å². The van der Waals surface area contributed by atoms with Crippen LogP contribution in [0.4, 0.5) is 0 Å². The second-order valence-electron chi connectivity index (χ2n) is 7.25. The minimum Gasteiger partial charge on any atom is -0.472 e. The number of methoxy groups -OCH3 is 1. The summed E-state index contributed by atoms with van der Waals surface area (Å²) in [6.45, 7) is 1.21. The zero-order valence-corrected chi connectivity index (χ0v) is 15.0. The minimum atomic E-state index is -1.58. The van der Waals surface area contributed by atoms with E-state index in [1.165, 1.54) is 13.4 Å². The van der Waals surface area contributed by atoms with Crippen LogP contribution in [0.3, 0.4) is 0 Å². The monoisotopic (exact) mass is 390 g/mol. The fourth-order valence-corrected chi connectivity index (χ4v) is 4.10. The topological polar surface area (TPSA) is 155 Å². The molecular formula is C17H26O10. The van der Waals surface area contributed by atoms with Crippen molar-refractivity contribution in [2.75, 3.05) is 13.7 Å². The number of aliphatic hydroxyl groups excluding tert-OH is 5. The van der Waals surface area contributed by atoms with Crippen LogP contribution in [0.15, 0.2) is 11.8 Å². The van der Waals surface area contributed by atoms with Crippen LogP contribution in [0.2, 0.25) is 0 Å². The molecule has 0 aromatic carbocycles. The maximum atomic E-state index is 12.0. The number of ether oxygens (including phenoxy) is 4. The molecule has 0 bridgehead atoms. The molecule has 0 aromatic rings. The third-order valence-corrected chi connectivity index (χ3v) is 5.75. The van der Waals surface area contributed by atoms with Crippen LogP contribution >= 0.6 is 0 Å². The number of hydrogen-bond donors (Lipinski definition) is 5. The first kappa shape index (κ1) is 20.5. The summed E-state index contributed by atoms with van der Waals surface area (Å²) in [6.07, 6.45) is -7.25. The van der Waals surface area contributed by atoms with E-state index in [1.807, 2.05) is 0 Å². The predicted molar refractivity (Wildman–Crippen MR) is 86.6 cm³/mol. The van der Waals surface area contributed by atoms with Gasteiger partial charge in [0.15, 0.2) is 6.29 Å². The highest BCUT2D eigenvalue weighted by Gasteiger charge is 2.53. The maximum absolute atomic E-state index is 12.0. The van der Waals surface area contributed by atoms with Gasteiger partial charge in [-0.15, -0.1) is 0 Å². The second-order valence-corrected chi connectivity index (χ2v) is 7.25. The average Bonchev–Trinajstić information content (AvgIpc) is 2.96. The molecule has 10 heteroatoms. The Labute approximate surface area is 155 Å². The molecule has 10 nitrogen and oxygen atoms in total. The zero-order valence-electron chi connectivity index (χ0n) is 15.0. The Morgan fingerprint density at radius 1 is 1.19 bits per heavy atom. The SMILES string of the molecule is COC(=O)C1=CO[C@H](O[C@@H]2O[C@H](CO)[C@@H](O)[C@H](O)[C@H]2O)[C@H]2[C@H](C)[C@H](O)C[C@@H]12. The lowest BCUT2D eigenvalue weighted by atomic mass is 9.83. The Hall–Kier alpha value is -1.27. The fourth-order valence-electron chi connectivity index (χ4n) is 4.10. The van der Waals surface area contributed by atoms with E-state index in [1.54, 1.807) is 6.92 Å². The summed E-state index contributed by atoms with van der Waals surface area (Å²) in [4.78, 5) is 12.0. The van der Waals surface area contributed by atoms with Gasteiger partial charge in [-0.05, 0) is 12.3 Å². The van der Waals surface area contributed by atoms with Gasteiger partial charge < -0.3 is 44.5 Å². The third-order valence-electron chi connectivity index (χ3n) is 5.75. The molecule has 0 amide bonds. The largest absolute Gasteiger partial charge is 0.472 e. The van der Waals surface area contributed by atoms with Gasteiger partial charge >= 0.3 is 5.97 Å². The van der Waals surface area contributed by atoms with Gasteiger partial charge in [0.05, 0.1) is 31.7 Å². The number of hydrogen-bond acceptors (Lipinski definition) is 10. The molecule has 5 N–H and O–H groups in total. The van der Waals surface area contributed by atoms with Gasteiger partial charge in [-0.2, -0.15) is 0 Å². The van der Waals surface area contributed by atoms with E-state index < -0.39 is 61.6 Å². The normalized spacial score (nSPS) is 47.0. The van der Waals surface area contributed by atoms with E-state index >= 15 is 0 Å². The van der Waals surface area contributed by atoms with Gasteiger partial charge in [-0.25, -0.2) is 4.79 Å². The number of aliphatic hydroxyl groups is 5. The van der Waals surface area contributed by atoms with Gasteiger partial charge in [0.1, 0.15) is 24.4 Å². The number of fused-ring (bicyclic) bond motifs is 1. The molecule has 10 atom stereocenters. The van der Waals surface area contributed by atoms with Crippen molar-refractivity contribution >= 4 is 5.97 Å². The van der Waals surface area contributed by atoms with Crippen LogP contribution in [0.25, 0.3) is 0 Å². The van der Waals surface area contributed by atoms with Crippen molar-refractivity contribution in [2.24, 2.45) is 17.8 Å². The van der Waals surface area contributed by atoms with Gasteiger partial charge in [0.25, 0.3) is 0 Å². The first-order valence-corrected chi connectivity index (χ1v) is 8.88. The first-order valence-electron chi connectivity index (χ1n) is 8.88. The summed E-state index contributed by atoms with van der Waals surface area (Å²) >= 11 is 0. The highest BCUT2D eigenvalue weighted by Crippen LogP contribution is 2.47. The van der Waals surface area contributed by atoms with Crippen LogP contribution in [0.1, 0.15) is 13.3 Å². The molecule has 0 aromatic heterocycles. The zero-order chi connectivity index (χ0) is 19.9. The van der Waals surface area contributed by atoms with Crippen molar-refractivity contribution in [1.29, 1.82) is 0 Å². The smallest absolute Gasteiger partial charge is 0.337 e. The van der Waals surface area contributed by atoms with Crippen LogP contribution in [-0.2, 0) is 23.7 Å². The lowest BCUT2D eigenvalue weighted by Gasteiger charge is -2.43. The van der Waals surface area contributed by atoms with Crippen molar-refractivity contribution in [2.45, 2.75) is 56.4 Å². The molecule has 154 valence electrons. The average molecular weight is 390 g/mol. The molecule has 0 spiro atoms. The van der Waals surface area contributed by atoms with E-state index in [0.717, 1.165) is 0 Å². The molecule has 27 heavy (non-hydrogen) atoms. The van der Waals surface area contributed by atoms with Gasteiger partial charge in [-0.3, -0.25) is 0 Å². The summed E-state index contributed by atoms with van der Waals surface area (Å²) in [5, 5.41) is 49.4. The second kappa shape index (κ2) is 8.00. The molecule has 1 saturated heterocycles. The quantitative estimate of drug-likeness (QED) is 0.336. The fraction of sp³-hybridized carbons (Fsp3) is 0.824. The number of rotatable bonds is 4. The van der Waals surface area contributed by atoms with E-state index in [2.05, 4.69) is 0 Å². The molecule has 2 aliphatic heterocycles. The highest BCUT2D eigenvalue weighted by molar-refractivity contribution is 5.89. The van der Waals surface area contributed by atoms with Gasteiger partial charge in [0.2, 0.25) is 6.29 Å². The highest BCUT2D eigenvalue weighted by atomic mass is 16.8. The van der Waals surface area contributed by atoms with Crippen LogP contribution in [0, 0.1) is 17.8 Å². The standard InChI is InChI=1S/C17H26O10/c1-6-9(19)3-7-8(15(23)24-2)5-25-16(11(6)7)27-17-14(22)13(21)12(20)10(4-18)26-17/h5-7,9-14,16-22H,3-4H2,1-2H3/t6-,7+,9-,10-,11+,12-,13+,14-,16-,17+/m1/s1. The Morgan fingerprint density at radius 2 is 1.89 bits per heavy atom. The van der Waals surface area contributed by atoms with Crippen molar-refractivity contribution in [3.05, 3.63) is 11.8 Å². The lowest BCUT2D eigenvalue weighted by Crippen LogP contribution is -2.60. The summed E-state index contributed by atoms with van der Waals surface area (Å²) in [5.41, 5.74) is 0.291. The number of carbonyl (C=O) groups is 1. The molecule has 1 aliphatic carbocycles. The molecule has 0 unspecified atom stereocenters. The lowest BCUT2D eigenvalue weighted by molar-refractivity contribution is -0.342. The summed E-state index contributed by atoms with van der Waals surface area (Å²) in [7, 11) is 1.25. The van der Waals surface area contributed by atoms with Crippen molar-refractivity contribution in [3.63, 3.8) is 0 Å². The molecule has 2 heterocycles. The molecule has 2 fully saturated rings. The Balaban J connectivity index is 1.80. The van der Waals surface area contributed by atoms with Crippen LogP contribution < -0.4 is 0 Å². The molecule has 3 aliphatic rings. The van der Waals surface area contributed by atoms with E-state index in [-0.39, 0.29) is 11.8 Å². The first-order chi connectivity index (χ1) is 12.8. The summed E-state index contributed by atoms with van der Waals surface area (Å²) in [5.74, 6) is -1.63.